The van der Waals surface area contributed by atoms with E-state index in [1.165, 1.54) is 0 Å². The molecule has 1 aliphatic heterocycles. The molecule has 0 aromatic carbocycles. The Labute approximate surface area is 220 Å². The minimum absolute atomic E-state index is 0.0886. The summed E-state index contributed by atoms with van der Waals surface area (Å²) in [5.74, 6) is 0.435. The summed E-state index contributed by atoms with van der Waals surface area (Å²) in [7, 11) is 3.94. The van der Waals surface area contributed by atoms with E-state index in [9.17, 15) is 19.2 Å². The summed E-state index contributed by atoms with van der Waals surface area (Å²) < 4.78 is 28.9. The zero-order valence-electron chi connectivity index (χ0n) is 23.2. The van der Waals surface area contributed by atoms with Crippen LogP contribution in [0, 0.1) is 12.3 Å². The SMILES string of the molecule is C#CC[N+](C)(C)CCCC(=O)OC1O[C@@H](C)[C@H](OC(=O)CCC)[C@@H](OC(=O)CCC)[C@H]1OC(=O)CCC. The van der Waals surface area contributed by atoms with Crippen LogP contribution >= 0.6 is 0 Å². The van der Waals surface area contributed by atoms with Gasteiger partial charge in [-0.3, -0.25) is 19.2 Å². The molecule has 37 heavy (non-hydrogen) atoms. The maximum Gasteiger partial charge on any atom is 0.308 e. The van der Waals surface area contributed by atoms with Crippen molar-refractivity contribution in [3.8, 4) is 12.3 Å². The van der Waals surface area contributed by atoms with Crippen LogP contribution in [-0.2, 0) is 42.9 Å². The molecule has 1 rings (SSSR count). The minimum Gasteiger partial charge on any atom is -0.455 e. The lowest BCUT2D eigenvalue weighted by molar-refractivity contribution is -0.883. The maximum atomic E-state index is 12.7. The Hall–Kier alpha value is -2.64. The molecule has 10 nitrogen and oxygen atoms in total. The van der Waals surface area contributed by atoms with Gasteiger partial charge in [0.1, 0.15) is 6.54 Å². The van der Waals surface area contributed by atoms with Crippen LogP contribution in [0.3, 0.4) is 0 Å². The number of hydrogen-bond donors (Lipinski definition) is 0. The molecule has 1 aliphatic rings. The predicted molar refractivity (Wildman–Crippen MR) is 135 cm³/mol. The Bertz CT molecular complexity index is 804. The van der Waals surface area contributed by atoms with Crippen LogP contribution in [0.15, 0.2) is 0 Å². The molecule has 0 spiro atoms. The number of quaternary nitrogens is 1. The van der Waals surface area contributed by atoms with Crippen LogP contribution in [0.2, 0.25) is 0 Å². The van der Waals surface area contributed by atoms with Gasteiger partial charge < -0.3 is 28.2 Å². The number of rotatable bonds is 15. The highest BCUT2D eigenvalue weighted by Gasteiger charge is 2.52. The second-order valence-corrected chi connectivity index (χ2v) is 9.94. The lowest BCUT2D eigenvalue weighted by atomic mass is 9.98. The Morgan fingerprint density at radius 1 is 0.757 bits per heavy atom. The summed E-state index contributed by atoms with van der Waals surface area (Å²) in [5.41, 5.74) is 0. The van der Waals surface area contributed by atoms with E-state index >= 15 is 0 Å². The lowest BCUT2D eigenvalue weighted by Crippen LogP contribution is -2.61. The summed E-state index contributed by atoms with van der Waals surface area (Å²) in [4.78, 5) is 50.0. The van der Waals surface area contributed by atoms with E-state index in [1.54, 1.807) is 6.92 Å². The van der Waals surface area contributed by atoms with E-state index in [1.807, 2.05) is 34.9 Å². The van der Waals surface area contributed by atoms with Crippen LogP contribution in [0.4, 0.5) is 0 Å². The Morgan fingerprint density at radius 3 is 1.70 bits per heavy atom. The fraction of sp³-hybridized carbons (Fsp3) is 0.778. The molecule has 1 heterocycles. The molecule has 10 heteroatoms. The van der Waals surface area contributed by atoms with Crippen molar-refractivity contribution in [1.29, 1.82) is 0 Å². The van der Waals surface area contributed by atoms with Gasteiger partial charge in [-0.1, -0.05) is 20.8 Å². The molecule has 5 atom stereocenters. The fourth-order valence-electron chi connectivity index (χ4n) is 3.90. The Kier molecular flexibility index (Phi) is 14.2. The highest BCUT2D eigenvalue weighted by Crippen LogP contribution is 2.30. The second kappa shape index (κ2) is 16.3. The van der Waals surface area contributed by atoms with Crippen LogP contribution < -0.4 is 0 Å². The summed E-state index contributed by atoms with van der Waals surface area (Å²) in [6.45, 7) is 8.26. The molecule has 1 fully saturated rings. The van der Waals surface area contributed by atoms with Crippen molar-refractivity contribution >= 4 is 23.9 Å². The third-order valence-electron chi connectivity index (χ3n) is 5.80. The van der Waals surface area contributed by atoms with Gasteiger partial charge in [0.15, 0.2) is 12.2 Å². The van der Waals surface area contributed by atoms with Gasteiger partial charge in [-0.05, 0) is 32.1 Å². The smallest absolute Gasteiger partial charge is 0.308 e. The van der Waals surface area contributed by atoms with Crippen LogP contribution in [-0.4, -0.2) is 86.3 Å². The number of carbonyl (C=O) groups excluding carboxylic acids is 4. The van der Waals surface area contributed by atoms with Crippen LogP contribution in [0.5, 0.6) is 0 Å². The summed E-state index contributed by atoms with van der Waals surface area (Å²) in [5, 5.41) is 0. The van der Waals surface area contributed by atoms with Gasteiger partial charge >= 0.3 is 23.9 Å². The van der Waals surface area contributed by atoms with E-state index in [0.717, 1.165) is 0 Å². The van der Waals surface area contributed by atoms with E-state index in [4.69, 9.17) is 30.1 Å². The van der Waals surface area contributed by atoms with Gasteiger partial charge in [-0.2, -0.15) is 0 Å². The molecule has 0 aliphatic carbocycles. The van der Waals surface area contributed by atoms with Gasteiger partial charge in [0.25, 0.3) is 0 Å². The Balaban J connectivity index is 3.15. The van der Waals surface area contributed by atoms with Crippen molar-refractivity contribution < 1.29 is 47.3 Å². The lowest BCUT2D eigenvalue weighted by Gasteiger charge is -2.43. The van der Waals surface area contributed by atoms with Gasteiger partial charge in [-0.15, -0.1) is 6.42 Å². The van der Waals surface area contributed by atoms with Crippen molar-refractivity contribution in [3.05, 3.63) is 0 Å². The van der Waals surface area contributed by atoms with Crippen LogP contribution in [0.1, 0.15) is 79.1 Å². The first-order valence-electron chi connectivity index (χ1n) is 13.2. The van der Waals surface area contributed by atoms with E-state index in [0.29, 0.717) is 43.3 Å². The van der Waals surface area contributed by atoms with Gasteiger partial charge in [0.05, 0.1) is 33.2 Å². The summed E-state index contributed by atoms with van der Waals surface area (Å²) >= 11 is 0. The van der Waals surface area contributed by atoms with E-state index < -0.39 is 54.6 Å². The number of terminal acetylenes is 1. The summed E-state index contributed by atoms with van der Waals surface area (Å²) in [6, 6.07) is 0. The average Bonchev–Trinajstić information content (AvgIpc) is 2.79. The van der Waals surface area contributed by atoms with Crippen molar-refractivity contribution in [2.75, 3.05) is 27.2 Å². The molecule has 1 unspecified atom stereocenters. The van der Waals surface area contributed by atoms with Crippen LogP contribution in [0.25, 0.3) is 0 Å². The Morgan fingerprint density at radius 2 is 1.22 bits per heavy atom. The number of hydrogen-bond acceptors (Lipinski definition) is 9. The number of carbonyl (C=O) groups is 4. The largest absolute Gasteiger partial charge is 0.455 e. The number of ether oxygens (including phenoxy) is 5. The highest BCUT2D eigenvalue weighted by atomic mass is 16.7. The fourth-order valence-corrected chi connectivity index (χ4v) is 3.90. The van der Waals surface area contributed by atoms with Crippen molar-refractivity contribution in [2.45, 2.75) is 110 Å². The third kappa shape index (κ3) is 11.5. The molecule has 1 saturated heterocycles. The first-order chi connectivity index (χ1) is 17.5. The van der Waals surface area contributed by atoms with E-state index in [2.05, 4.69) is 5.92 Å². The molecular formula is C27H44NO9+. The zero-order valence-corrected chi connectivity index (χ0v) is 23.2. The van der Waals surface area contributed by atoms with Crippen molar-refractivity contribution in [3.63, 3.8) is 0 Å². The quantitative estimate of drug-likeness (QED) is 0.137. The molecule has 0 N–H and O–H groups in total. The van der Waals surface area contributed by atoms with Gasteiger partial charge in [0, 0.05) is 25.7 Å². The average molecular weight is 527 g/mol. The van der Waals surface area contributed by atoms with Crippen molar-refractivity contribution in [1.82, 2.24) is 0 Å². The van der Waals surface area contributed by atoms with E-state index in [-0.39, 0.29) is 25.7 Å². The molecule has 0 aromatic rings. The van der Waals surface area contributed by atoms with Gasteiger partial charge in [0.2, 0.25) is 12.4 Å². The van der Waals surface area contributed by atoms with Gasteiger partial charge in [-0.25, -0.2) is 0 Å². The molecule has 0 amide bonds. The topological polar surface area (TPSA) is 114 Å². The standard InChI is InChI=1S/C27H44NO9/c1-8-13-20(29)34-24-19(5)33-27(37-23(32)16-12-18-28(6,7)17-11-4)26(36-22(31)15-10-3)25(24)35-21(30)14-9-2/h4,19,24-27H,8-10,12-18H2,1-3,5-7H3/q+1/t19-,24-,25+,26+,27?/m0/s1. The first kappa shape index (κ1) is 32.4. The monoisotopic (exact) mass is 526 g/mol. The molecule has 210 valence electrons. The molecule has 0 saturated carbocycles. The third-order valence-corrected chi connectivity index (χ3v) is 5.80. The van der Waals surface area contributed by atoms with Crippen molar-refractivity contribution in [2.24, 2.45) is 0 Å². The first-order valence-corrected chi connectivity index (χ1v) is 13.2. The minimum atomic E-state index is -1.34. The summed E-state index contributed by atoms with van der Waals surface area (Å²) in [6.07, 6.45) is 2.32. The molecule has 0 radical (unpaired) electrons. The molecule has 0 bridgehead atoms. The normalized spacial score (nSPS) is 23.4. The molecule has 0 aromatic heterocycles. The number of esters is 4. The second-order valence-electron chi connectivity index (χ2n) is 9.94. The highest BCUT2D eigenvalue weighted by molar-refractivity contribution is 5.72. The number of nitrogens with zero attached hydrogens (tertiary/aromatic N) is 1. The zero-order chi connectivity index (χ0) is 28.0. The molecular weight excluding hydrogens is 482 g/mol. The predicted octanol–water partition coefficient (Wildman–Crippen LogP) is 2.90. The maximum absolute atomic E-state index is 12.7.